The Bertz CT molecular complexity index is 440. The second-order valence-corrected chi connectivity index (χ2v) is 5.41. The van der Waals surface area contributed by atoms with Crippen LogP contribution < -0.4 is 4.72 Å². The molecule has 0 amide bonds. The van der Waals surface area contributed by atoms with Crippen molar-refractivity contribution >= 4 is 10.0 Å². The Balaban J connectivity index is 2.99. The fraction of sp³-hybridized carbons (Fsp3) is 0.455. The zero-order valence-electron chi connectivity index (χ0n) is 9.47. The van der Waals surface area contributed by atoms with Gasteiger partial charge < -0.3 is 5.11 Å². The van der Waals surface area contributed by atoms with E-state index >= 15 is 0 Å². The van der Waals surface area contributed by atoms with Gasteiger partial charge in [-0.05, 0) is 31.0 Å². The molecule has 0 heterocycles. The number of aliphatic hydroxyl groups is 1. The number of hydrogen-bond acceptors (Lipinski definition) is 3. The smallest absolute Gasteiger partial charge is 0.240 e. The molecule has 1 aromatic carbocycles. The van der Waals surface area contributed by atoms with Crippen molar-refractivity contribution in [3.63, 3.8) is 0 Å². The van der Waals surface area contributed by atoms with Gasteiger partial charge in [0, 0.05) is 6.54 Å². The third kappa shape index (κ3) is 3.30. The summed E-state index contributed by atoms with van der Waals surface area (Å²) < 4.78 is 26.0. The number of benzene rings is 1. The molecule has 0 radical (unpaired) electrons. The van der Waals surface area contributed by atoms with Gasteiger partial charge in [-0.1, -0.05) is 19.1 Å². The summed E-state index contributed by atoms with van der Waals surface area (Å²) in [5.41, 5.74) is 0.597. The minimum Gasteiger partial charge on any atom is -0.389 e. The zero-order chi connectivity index (χ0) is 12.2. The number of sulfonamides is 1. The molecule has 0 saturated carbocycles. The molecule has 0 aliphatic carbocycles. The van der Waals surface area contributed by atoms with Crippen molar-refractivity contribution in [3.05, 3.63) is 29.8 Å². The number of nitrogens with one attached hydrogen (secondary N) is 1. The van der Waals surface area contributed by atoms with Gasteiger partial charge in [-0.2, -0.15) is 0 Å². The van der Waals surface area contributed by atoms with E-state index < -0.39 is 16.1 Å². The Morgan fingerprint density at radius 1 is 1.44 bits per heavy atom. The first-order valence-electron chi connectivity index (χ1n) is 5.25. The fourth-order valence-electron chi connectivity index (χ4n) is 1.26. The molecular weight excluding hydrogens is 226 g/mol. The first-order valence-corrected chi connectivity index (χ1v) is 6.73. The third-order valence-corrected chi connectivity index (χ3v) is 3.65. The van der Waals surface area contributed by atoms with Crippen LogP contribution in [0.2, 0.25) is 0 Å². The predicted octanol–water partition coefficient (Wildman–Crippen LogP) is 1.43. The van der Waals surface area contributed by atoms with Gasteiger partial charge in [-0.3, -0.25) is 0 Å². The van der Waals surface area contributed by atoms with Crippen molar-refractivity contribution in [2.45, 2.75) is 31.3 Å². The molecule has 0 aliphatic rings. The van der Waals surface area contributed by atoms with Crippen LogP contribution in [0.1, 0.15) is 31.9 Å². The van der Waals surface area contributed by atoms with Crippen LogP contribution in [0.5, 0.6) is 0 Å². The Kier molecular flexibility index (Phi) is 4.46. The highest BCUT2D eigenvalue weighted by Gasteiger charge is 2.14. The summed E-state index contributed by atoms with van der Waals surface area (Å²) in [6.45, 7) is 3.92. The van der Waals surface area contributed by atoms with Crippen LogP contribution in [-0.4, -0.2) is 20.1 Å². The highest BCUT2D eigenvalue weighted by Crippen LogP contribution is 2.16. The lowest BCUT2D eigenvalue weighted by molar-refractivity contribution is 0.199. The Labute approximate surface area is 96.4 Å². The van der Waals surface area contributed by atoms with Crippen LogP contribution in [0.15, 0.2) is 29.2 Å². The lowest BCUT2D eigenvalue weighted by atomic mass is 10.1. The van der Waals surface area contributed by atoms with E-state index in [0.717, 1.165) is 6.42 Å². The standard InChI is InChI=1S/C11H17NO3S/c1-3-7-12-16(14,15)11-6-4-5-10(8-11)9(2)13/h4-6,8-9,12-13H,3,7H2,1-2H3. The minimum absolute atomic E-state index is 0.194. The largest absolute Gasteiger partial charge is 0.389 e. The van der Waals surface area contributed by atoms with Crippen LogP contribution in [0.3, 0.4) is 0 Å². The number of rotatable bonds is 5. The highest BCUT2D eigenvalue weighted by atomic mass is 32.2. The van der Waals surface area contributed by atoms with E-state index in [1.54, 1.807) is 19.1 Å². The lowest BCUT2D eigenvalue weighted by Crippen LogP contribution is -2.24. The van der Waals surface area contributed by atoms with E-state index in [4.69, 9.17) is 0 Å². The van der Waals surface area contributed by atoms with E-state index in [1.807, 2.05) is 6.92 Å². The molecule has 0 aliphatic heterocycles. The van der Waals surface area contributed by atoms with Crippen LogP contribution in [-0.2, 0) is 10.0 Å². The van der Waals surface area contributed by atoms with E-state index in [2.05, 4.69) is 4.72 Å². The van der Waals surface area contributed by atoms with E-state index in [9.17, 15) is 13.5 Å². The summed E-state index contributed by atoms with van der Waals surface area (Å²) in [5, 5.41) is 9.37. The molecule has 0 fully saturated rings. The predicted molar refractivity (Wildman–Crippen MR) is 62.6 cm³/mol. The Hall–Kier alpha value is -0.910. The van der Waals surface area contributed by atoms with Gasteiger partial charge in [0.05, 0.1) is 11.0 Å². The number of aliphatic hydroxyl groups excluding tert-OH is 1. The van der Waals surface area contributed by atoms with Crippen molar-refractivity contribution in [1.82, 2.24) is 4.72 Å². The van der Waals surface area contributed by atoms with Crippen LogP contribution in [0.25, 0.3) is 0 Å². The van der Waals surface area contributed by atoms with Crippen molar-refractivity contribution in [2.75, 3.05) is 6.54 Å². The molecule has 16 heavy (non-hydrogen) atoms. The second kappa shape index (κ2) is 5.43. The van der Waals surface area contributed by atoms with Gasteiger partial charge >= 0.3 is 0 Å². The van der Waals surface area contributed by atoms with Gasteiger partial charge in [0.25, 0.3) is 0 Å². The van der Waals surface area contributed by atoms with Gasteiger partial charge in [-0.15, -0.1) is 0 Å². The lowest BCUT2D eigenvalue weighted by Gasteiger charge is -2.09. The topological polar surface area (TPSA) is 66.4 Å². The third-order valence-electron chi connectivity index (χ3n) is 2.19. The zero-order valence-corrected chi connectivity index (χ0v) is 10.3. The van der Waals surface area contributed by atoms with Crippen LogP contribution in [0.4, 0.5) is 0 Å². The van der Waals surface area contributed by atoms with E-state index in [0.29, 0.717) is 12.1 Å². The molecule has 1 rings (SSSR count). The summed E-state index contributed by atoms with van der Waals surface area (Å²) in [5.74, 6) is 0. The molecule has 0 aromatic heterocycles. The minimum atomic E-state index is -3.44. The molecule has 0 saturated heterocycles. The summed E-state index contributed by atoms with van der Waals surface area (Å²) in [6.07, 6.45) is 0.0799. The molecule has 5 heteroatoms. The molecule has 4 nitrogen and oxygen atoms in total. The monoisotopic (exact) mass is 243 g/mol. The van der Waals surface area contributed by atoms with Gasteiger partial charge in [-0.25, -0.2) is 13.1 Å². The summed E-state index contributed by atoms with van der Waals surface area (Å²) in [4.78, 5) is 0.194. The number of hydrogen-bond donors (Lipinski definition) is 2. The van der Waals surface area contributed by atoms with Crippen molar-refractivity contribution < 1.29 is 13.5 Å². The van der Waals surface area contributed by atoms with E-state index in [-0.39, 0.29) is 4.90 Å². The average molecular weight is 243 g/mol. The van der Waals surface area contributed by atoms with Crippen molar-refractivity contribution in [2.24, 2.45) is 0 Å². The van der Waals surface area contributed by atoms with Crippen LogP contribution >= 0.6 is 0 Å². The van der Waals surface area contributed by atoms with E-state index in [1.165, 1.54) is 12.1 Å². The first-order chi connectivity index (χ1) is 7.47. The fourth-order valence-corrected chi connectivity index (χ4v) is 2.45. The normalized spacial score (nSPS) is 13.7. The van der Waals surface area contributed by atoms with Gasteiger partial charge in [0.1, 0.15) is 0 Å². The Morgan fingerprint density at radius 2 is 2.12 bits per heavy atom. The Morgan fingerprint density at radius 3 is 2.69 bits per heavy atom. The maximum absolute atomic E-state index is 11.8. The van der Waals surface area contributed by atoms with Crippen molar-refractivity contribution in [3.8, 4) is 0 Å². The van der Waals surface area contributed by atoms with Gasteiger partial charge in [0.15, 0.2) is 0 Å². The molecule has 0 bridgehead atoms. The summed E-state index contributed by atoms with van der Waals surface area (Å²) in [7, 11) is -3.44. The molecule has 1 aromatic rings. The second-order valence-electron chi connectivity index (χ2n) is 3.65. The van der Waals surface area contributed by atoms with Crippen LogP contribution in [0, 0.1) is 0 Å². The molecule has 1 unspecified atom stereocenters. The molecular formula is C11H17NO3S. The average Bonchev–Trinajstić information content (AvgIpc) is 2.26. The quantitative estimate of drug-likeness (QED) is 0.822. The van der Waals surface area contributed by atoms with Crippen molar-refractivity contribution in [1.29, 1.82) is 0 Å². The maximum Gasteiger partial charge on any atom is 0.240 e. The molecule has 2 N–H and O–H groups in total. The molecule has 0 spiro atoms. The summed E-state index contributed by atoms with van der Waals surface area (Å²) >= 11 is 0. The molecule has 90 valence electrons. The van der Waals surface area contributed by atoms with Gasteiger partial charge in [0.2, 0.25) is 10.0 Å². The first kappa shape index (κ1) is 13.2. The maximum atomic E-state index is 11.8. The highest BCUT2D eigenvalue weighted by molar-refractivity contribution is 7.89. The molecule has 1 atom stereocenters. The summed E-state index contributed by atoms with van der Waals surface area (Å²) in [6, 6.07) is 6.33. The SMILES string of the molecule is CCCNS(=O)(=O)c1cccc(C(C)O)c1.